The van der Waals surface area contributed by atoms with Crippen molar-refractivity contribution < 1.29 is 4.79 Å². The van der Waals surface area contributed by atoms with Crippen molar-refractivity contribution in [3.8, 4) is 22.6 Å². The number of rotatable bonds is 10. The monoisotopic (exact) mass is 463 g/mol. The van der Waals surface area contributed by atoms with Crippen molar-refractivity contribution in [1.29, 1.82) is 10.5 Å². The average molecular weight is 464 g/mol. The molecule has 3 rings (SSSR count). The van der Waals surface area contributed by atoms with E-state index in [9.17, 15) is 9.59 Å². The summed E-state index contributed by atoms with van der Waals surface area (Å²) in [5, 5.41) is 18.6. The van der Waals surface area contributed by atoms with Gasteiger partial charge in [-0.15, -0.1) is 17.9 Å². The van der Waals surface area contributed by atoms with Crippen LogP contribution in [0.5, 0.6) is 0 Å². The lowest BCUT2D eigenvalue weighted by atomic mass is 10.2. The smallest absolute Gasteiger partial charge is 0.263 e. The van der Waals surface area contributed by atoms with Crippen LogP contribution in [0.3, 0.4) is 0 Å². The number of allylic oxidation sites excluding steroid dienone is 1. The van der Waals surface area contributed by atoms with Gasteiger partial charge in [0.05, 0.1) is 36.1 Å². The van der Waals surface area contributed by atoms with Gasteiger partial charge in [0.2, 0.25) is 5.91 Å². The topological polar surface area (TPSA) is 103 Å². The van der Waals surface area contributed by atoms with Gasteiger partial charge in [-0.25, -0.2) is 4.98 Å². The van der Waals surface area contributed by atoms with Crippen LogP contribution in [0.2, 0.25) is 0 Å². The van der Waals surface area contributed by atoms with Crippen LogP contribution in [0.4, 0.5) is 0 Å². The molecular weight excluding hydrogens is 442 g/mol. The Morgan fingerprint density at radius 1 is 1.22 bits per heavy atom. The highest BCUT2D eigenvalue weighted by Crippen LogP contribution is 2.32. The summed E-state index contributed by atoms with van der Waals surface area (Å²) in [5.41, 5.74) is 0.842. The minimum Gasteiger partial charge on any atom is -0.340 e. The van der Waals surface area contributed by atoms with Crippen molar-refractivity contribution in [3.63, 3.8) is 0 Å². The molecule has 0 aliphatic heterocycles. The first-order valence-corrected chi connectivity index (χ1v) is 11.7. The average Bonchev–Trinajstić information content (AvgIpc) is 3.25. The summed E-state index contributed by atoms with van der Waals surface area (Å²) in [6.45, 7) is 4.56. The molecule has 2 heterocycles. The van der Waals surface area contributed by atoms with Crippen LogP contribution in [-0.2, 0) is 11.3 Å². The van der Waals surface area contributed by atoms with E-state index in [-0.39, 0.29) is 49.7 Å². The van der Waals surface area contributed by atoms with E-state index >= 15 is 0 Å². The predicted octanol–water partition coefficient (Wildman–Crippen LogP) is 4.06. The first-order chi connectivity index (χ1) is 15.6. The van der Waals surface area contributed by atoms with Crippen molar-refractivity contribution in [2.75, 3.05) is 18.8 Å². The molecule has 0 radical (unpaired) electrons. The molecule has 0 N–H and O–H groups in total. The molecule has 0 unspecified atom stereocenters. The quantitative estimate of drug-likeness (QED) is 0.255. The summed E-state index contributed by atoms with van der Waals surface area (Å²) in [5.74, 6) is -0.140. The van der Waals surface area contributed by atoms with Gasteiger partial charge in [-0.2, -0.15) is 10.5 Å². The predicted molar refractivity (Wildman–Crippen MR) is 127 cm³/mol. The van der Waals surface area contributed by atoms with Crippen LogP contribution < -0.4 is 5.56 Å². The Hall–Kier alpha value is -3.40. The molecule has 0 aliphatic rings. The fourth-order valence-corrected chi connectivity index (χ4v) is 5.08. The fraction of sp³-hybridized carbons (Fsp3) is 0.261. The van der Waals surface area contributed by atoms with E-state index < -0.39 is 0 Å². The minimum absolute atomic E-state index is 0.0584. The molecule has 0 saturated carbocycles. The zero-order valence-corrected chi connectivity index (χ0v) is 19.0. The van der Waals surface area contributed by atoms with E-state index in [0.29, 0.717) is 15.4 Å². The van der Waals surface area contributed by atoms with Gasteiger partial charge in [0.25, 0.3) is 5.56 Å². The molecule has 0 aliphatic carbocycles. The Balaban J connectivity index is 1.89. The van der Waals surface area contributed by atoms with Gasteiger partial charge in [0.15, 0.2) is 5.16 Å². The van der Waals surface area contributed by atoms with Gasteiger partial charge in [-0.1, -0.05) is 48.2 Å². The van der Waals surface area contributed by atoms with Crippen molar-refractivity contribution >= 4 is 39.2 Å². The number of hydrogen-bond acceptors (Lipinski definition) is 7. The second kappa shape index (κ2) is 11.3. The van der Waals surface area contributed by atoms with E-state index in [4.69, 9.17) is 10.5 Å². The van der Waals surface area contributed by atoms with E-state index in [0.717, 1.165) is 10.4 Å². The standard InChI is InChI=1S/C23H21N5O2S2/c1-2-12-28-22(30)18-15-19(17-8-4-3-5-9-17)32-21(18)26-23(28)31-16-20(29)27(13-6-10-24)14-7-11-25/h2-5,8-9,15H,1,6-7,12-14,16H2. The highest BCUT2D eigenvalue weighted by atomic mass is 32.2. The molecule has 3 aromatic rings. The number of thioether (sulfide) groups is 1. The molecule has 0 saturated heterocycles. The first-order valence-electron chi connectivity index (χ1n) is 9.94. The molecule has 162 valence electrons. The lowest BCUT2D eigenvalue weighted by Crippen LogP contribution is -2.34. The van der Waals surface area contributed by atoms with Crippen LogP contribution in [0.25, 0.3) is 20.7 Å². The summed E-state index contributed by atoms with van der Waals surface area (Å²) in [4.78, 5) is 33.6. The second-order valence-corrected chi connectivity index (χ2v) is 8.75. The first kappa shape index (κ1) is 23.3. The van der Waals surface area contributed by atoms with Crippen LogP contribution in [0.15, 0.2) is 59.0 Å². The molecular formula is C23H21N5O2S2. The molecule has 7 nitrogen and oxygen atoms in total. The van der Waals surface area contributed by atoms with Gasteiger partial charge >= 0.3 is 0 Å². The summed E-state index contributed by atoms with van der Waals surface area (Å²) in [7, 11) is 0. The van der Waals surface area contributed by atoms with Gasteiger partial charge in [-0.05, 0) is 11.6 Å². The third-order valence-corrected chi connectivity index (χ3v) is 6.69. The molecule has 2 aromatic heterocycles. The lowest BCUT2D eigenvalue weighted by molar-refractivity contribution is -0.128. The van der Waals surface area contributed by atoms with Gasteiger partial charge < -0.3 is 4.90 Å². The largest absolute Gasteiger partial charge is 0.340 e. The maximum absolute atomic E-state index is 13.1. The number of fused-ring (bicyclic) bond motifs is 1. The molecule has 0 bridgehead atoms. The summed E-state index contributed by atoms with van der Waals surface area (Å²) >= 11 is 2.62. The van der Waals surface area contributed by atoms with Gasteiger partial charge in [0, 0.05) is 24.5 Å². The number of benzene rings is 1. The van der Waals surface area contributed by atoms with Gasteiger partial charge in [-0.3, -0.25) is 14.2 Å². The molecule has 0 spiro atoms. The summed E-state index contributed by atoms with van der Waals surface area (Å²) in [6, 6.07) is 15.7. The zero-order chi connectivity index (χ0) is 22.9. The van der Waals surface area contributed by atoms with E-state index in [1.54, 1.807) is 6.08 Å². The highest BCUT2D eigenvalue weighted by molar-refractivity contribution is 7.99. The number of carbonyl (C=O) groups is 1. The highest BCUT2D eigenvalue weighted by Gasteiger charge is 2.18. The molecule has 0 atom stereocenters. The molecule has 32 heavy (non-hydrogen) atoms. The van der Waals surface area contributed by atoms with E-state index in [2.05, 4.69) is 11.6 Å². The van der Waals surface area contributed by atoms with Crippen molar-refractivity contribution in [2.24, 2.45) is 0 Å². The van der Waals surface area contributed by atoms with Gasteiger partial charge in [0.1, 0.15) is 4.83 Å². The maximum Gasteiger partial charge on any atom is 0.263 e. The number of thiophene rings is 1. The van der Waals surface area contributed by atoms with Crippen LogP contribution in [0.1, 0.15) is 12.8 Å². The number of nitriles is 2. The third-order valence-electron chi connectivity index (χ3n) is 4.65. The summed E-state index contributed by atoms with van der Waals surface area (Å²) < 4.78 is 1.52. The summed E-state index contributed by atoms with van der Waals surface area (Å²) in [6.07, 6.45) is 2.02. The molecule has 0 fully saturated rings. The second-order valence-electron chi connectivity index (χ2n) is 6.78. The molecule has 1 amide bonds. The number of carbonyl (C=O) groups excluding carboxylic acids is 1. The number of nitrogens with zero attached hydrogens (tertiary/aromatic N) is 5. The van der Waals surface area contributed by atoms with Crippen molar-refractivity contribution in [2.45, 2.75) is 24.5 Å². The Morgan fingerprint density at radius 2 is 1.91 bits per heavy atom. The van der Waals surface area contributed by atoms with Crippen LogP contribution in [0, 0.1) is 22.7 Å². The van der Waals surface area contributed by atoms with E-state index in [1.807, 2.05) is 48.5 Å². The lowest BCUT2D eigenvalue weighted by Gasteiger charge is -2.20. The fourth-order valence-electron chi connectivity index (χ4n) is 3.09. The number of amides is 1. The zero-order valence-electron chi connectivity index (χ0n) is 17.4. The Kier molecular flexibility index (Phi) is 8.20. The Bertz CT molecular complexity index is 1230. The minimum atomic E-state index is -0.198. The maximum atomic E-state index is 13.1. The van der Waals surface area contributed by atoms with E-state index in [1.165, 1.54) is 32.6 Å². The van der Waals surface area contributed by atoms with Crippen LogP contribution in [-0.4, -0.2) is 39.2 Å². The Morgan fingerprint density at radius 3 is 2.53 bits per heavy atom. The molecule has 9 heteroatoms. The number of hydrogen-bond donors (Lipinski definition) is 0. The number of aromatic nitrogens is 2. The Labute approximate surface area is 194 Å². The van der Waals surface area contributed by atoms with Crippen molar-refractivity contribution in [1.82, 2.24) is 14.5 Å². The molecule has 1 aromatic carbocycles. The third kappa shape index (κ3) is 5.44. The van der Waals surface area contributed by atoms with Crippen LogP contribution >= 0.6 is 23.1 Å². The van der Waals surface area contributed by atoms with Crippen molar-refractivity contribution in [3.05, 3.63) is 59.4 Å². The normalized spacial score (nSPS) is 10.4. The SMILES string of the molecule is C=CCn1c(SCC(=O)N(CCC#N)CCC#N)nc2sc(-c3ccccc3)cc2c1=O.